The Morgan fingerprint density at radius 3 is 2.95 bits per heavy atom. The number of amides is 1. The van der Waals surface area contributed by atoms with Crippen molar-refractivity contribution in [3.05, 3.63) is 47.8 Å². The maximum Gasteiger partial charge on any atom is 0.267 e. The molecule has 2 heterocycles. The van der Waals surface area contributed by atoms with Gasteiger partial charge in [0.15, 0.2) is 0 Å². The number of fused-ring (bicyclic) bond motifs is 1. The number of nitrogens with one attached hydrogen (secondary N) is 2. The smallest absolute Gasteiger partial charge is 0.267 e. The number of H-pyrrole nitrogens is 1. The summed E-state index contributed by atoms with van der Waals surface area (Å²) in [7, 11) is 1.76. The summed E-state index contributed by atoms with van der Waals surface area (Å²) in [5.74, 6) is 0.395. The summed E-state index contributed by atoms with van der Waals surface area (Å²) in [6, 6.07) is 9.59. The second-order valence-electron chi connectivity index (χ2n) is 4.63. The van der Waals surface area contributed by atoms with Crippen LogP contribution in [0.4, 0.5) is 5.82 Å². The minimum absolute atomic E-state index is 0.163. The Bertz CT molecular complexity index is 738. The van der Waals surface area contributed by atoms with Crippen LogP contribution < -0.4 is 11.1 Å². The molecule has 4 N–H and O–H groups in total. The van der Waals surface area contributed by atoms with Gasteiger partial charge < -0.3 is 16.0 Å². The molecule has 0 fully saturated rings. The summed E-state index contributed by atoms with van der Waals surface area (Å²) in [5, 5.41) is 7.87. The van der Waals surface area contributed by atoms with Crippen LogP contribution >= 0.6 is 0 Å². The first kappa shape index (κ1) is 12.3. The first-order valence-electron chi connectivity index (χ1n) is 6.27. The van der Waals surface area contributed by atoms with E-state index in [4.69, 9.17) is 5.73 Å². The third-order valence-corrected chi connectivity index (χ3v) is 3.28. The van der Waals surface area contributed by atoms with Crippen molar-refractivity contribution >= 4 is 22.6 Å². The number of anilines is 1. The number of nitrogen functional groups attached to an aromatic ring is 1. The van der Waals surface area contributed by atoms with Gasteiger partial charge in [-0.05, 0) is 12.1 Å². The molecule has 0 aliphatic heterocycles. The van der Waals surface area contributed by atoms with E-state index in [1.165, 1.54) is 0 Å². The Morgan fingerprint density at radius 2 is 2.25 bits per heavy atom. The summed E-state index contributed by atoms with van der Waals surface area (Å²) in [4.78, 5) is 15.2. The molecule has 102 valence electrons. The highest BCUT2D eigenvalue weighted by Crippen LogP contribution is 2.15. The van der Waals surface area contributed by atoms with Crippen LogP contribution in [0.25, 0.3) is 10.9 Å². The van der Waals surface area contributed by atoms with Crippen molar-refractivity contribution < 1.29 is 4.79 Å². The van der Waals surface area contributed by atoms with Crippen molar-refractivity contribution in [2.45, 2.75) is 6.54 Å². The predicted octanol–water partition coefficient (Wildman–Crippen LogP) is 1.41. The molecule has 0 unspecified atom stereocenters. The van der Waals surface area contributed by atoms with Crippen LogP contribution in [0.1, 0.15) is 16.1 Å². The lowest BCUT2D eigenvalue weighted by Crippen LogP contribution is -2.23. The molecule has 0 aliphatic rings. The molecule has 6 nitrogen and oxygen atoms in total. The van der Waals surface area contributed by atoms with Crippen LogP contribution in [0, 0.1) is 0 Å². The van der Waals surface area contributed by atoms with Gasteiger partial charge in [-0.1, -0.05) is 18.2 Å². The molecule has 0 saturated carbocycles. The predicted molar refractivity (Wildman–Crippen MR) is 77.1 cm³/mol. The molecule has 0 spiro atoms. The van der Waals surface area contributed by atoms with Gasteiger partial charge in [0.1, 0.15) is 11.5 Å². The van der Waals surface area contributed by atoms with Crippen LogP contribution in [0.3, 0.4) is 0 Å². The number of hydrogen-bond donors (Lipinski definition) is 3. The Labute approximate surface area is 115 Å². The minimum atomic E-state index is -0.163. The number of nitrogens with zero attached hydrogens (tertiary/aromatic N) is 2. The number of hydrogen-bond acceptors (Lipinski definition) is 3. The highest BCUT2D eigenvalue weighted by molar-refractivity contribution is 5.97. The number of carbonyl (C=O) groups is 1. The van der Waals surface area contributed by atoms with E-state index in [1.807, 2.05) is 30.3 Å². The van der Waals surface area contributed by atoms with Crippen molar-refractivity contribution in [2.24, 2.45) is 7.05 Å². The zero-order chi connectivity index (χ0) is 14.1. The number of nitrogens with two attached hydrogens (primary N) is 1. The van der Waals surface area contributed by atoms with E-state index in [-0.39, 0.29) is 5.91 Å². The first-order valence-corrected chi connectivity index (χ1v) is 6.27. The van der Waals surface area contributed by atoms with Gasteiger partial charge in [0.25, 0.3) is 5.91 Å². The first-order chi connectivity index (χ1) is 9.65. The topological polar surface area (TPSA) is 88.7 Å². The average Bonchev–Trinajstić information content (AvgIpc) is 3.02. The van der Waals surface area contributed by atoms with Crippen molar-refractivity contribution in [1.29, 1.82) is 0 Å². The van der Waals surface area contributed by atoms with Crippen LogP contribution in [-0.4, -0.2) is 20.7 Å². The van der Waals surface area contributed by atoms with E-state index in [0.29, 0.717) is 18.1 Å². The Kier molecular flexibility index (Phi) is 2.90. The van der Waals surface area contributed by atoms with Gasteiger partial charge in [-0.25, -0.2) is 0 Å². The van der Waals surface area contributed by atoms with Gasteiger partial charge in [0.05, 0.1) is 6.20 Å². The molecular formula is C14H15N5O. The summed E-state index contributed by atoms with van der Waals surface area (Å²) in [5.41, 5.74) is 8.11. The van der Waals surface area contributed by atoms with E-state index >= 15 is 0 Å². The summed E-state index contributed by atoms with van der Waals surface area (Å²) < 4.78 is 1.57. The monoisotopic (exact) mass is 269 g/mol. The lowest BCUT2D eigenvalue weighted by Gasteiger charge is -2.03. The number of carbonyl (C=O) groups excluding carboxylic acids is 1. The standard InChI is InChI=1S/C14H15N5O/c1-19-13(15)10(8-17-19)7-16-14(20)12-6-9-4-2-3-5-11(9)18-12/h2-6,8,18H,7,15H2,1H3,(H,16,20). The molecule has 1 aromatic carbocycles. The van der Waals surface area contributed by atoms with Gasteiger partial charge in [-0.2, -0.15) is 5.10 Å². The van der Waals surface area contributed by atoms with Gasteiger partial charge >= 0.3 is 0 Å². The molecule has 6 heteroatoms. The summed E-state index contributed by atoms with van der Waals surface area (Å²) in [6.07, 6.45) is 1.65. The zero-order valence-corrected chi connectivity index (χ0v) is 11.1. The summed E-state index contributed by atoms with van der Waals surface area (Å²) in [6.45, 7) is 0.355. The molecule has 0 saturated heterocycles. The fraction of sp³-hybridized carbons (Fsp3) is 0.143. The molecular weight excluding hydrogens is 254 g/mol. The molecule has 0 radical (unpaired) electrons. The fourth-order valence-corrected chi connectivity index (χ4v) is 2.10. The second kappa shape index (κ2) is 4.73. The van der Waals surface area contributed by atoms with E-state index in [9.17, 15) is 4.79 Å². The number of rotatable bonds is 3. The largest absolute Gasteiger partial charge is 0.384 e. The maximum atomic E-state index is 12.1. The van der Waals surface area contributed by atoms with Crippen molar-refractivity contribution in [2.75, 3.05) is 5.73 Å². The number of aryl methyl sites for hydroxylation is 1. The molecule has 1 amide bonds. The summed E-state index contributed by atoms with van der Waals surface area (Å²) >= 11 is 0. The highest BCUT2D eigenvalue weighted by atomic mass is 16.1. The average molecular weight is 269 g/mol. The minimum Gasteiger partial charge on any atom is -0.384 e. The lowest BCUT2D eigenvalue weighted by molar-refractivity contribution is 0.0947. The van der Waals surface area contributed by atoms with Crippen LogP contribution in [0.15, 0.2) is 36.5 Å². The van der Waals surface area contributed by atoms with E-state index in [1.54, 1.807) is 17.9 Å². The third-order valence-electron chi connectivity index (χ3n) is 3.28. The SMILES string of the molecule is Cn1ncc(CNC(=O)c2cc3ccccc3[nH]2)c1N. The molecule has 0 atom stereocenters. The second-order valence-corrected chi connectivity index (χ2v) is 4.63. The van der Waals surface area contributed by atoms with E-state index in [0.717, 1.165) is 16.5 Å². The number of para-hydroxylation sites is 1. The normalized spacial score (nSPS) is 10.8. The molecule has 0 bridgehead atoms. The van der Waals surface area contributed by atoms with Crippen molar-refractivity contribution in [1.82, 2.24) is 20.1 Å². The van der Waals surface area contributed by atoms with Gasteiger partial charge in [-0.3, -0.25) is 9.48 Å². The number of benzene rings is 1. The zero-order valence-electron chi connectivity index (χ0n) is 11.1. The van der Waals surface area contributed by atoms with Crippen LogP contribution in [-0.2, 0) is 13.6 Å². The van der Waals surface area contributed by atoms with Crippen LogP contribution in [0.5, 0.6) is 0 Å². The van der Waals surface area contributed by atoms with E-state index in [2.05, 4.69) is 15.4 Å². The number of aromatic amines is 1. The molecule has 20 heavy (non-hydrogen) atoms. The Balaban J connectivity index is 1.74. The highest BCUT2D eigenvalue weighted by Gasteiger charge is 2.11. The quantitative estimate of drug-likeness (QED) is 0.671. The Morgan fingerprint density at radius 1 is 1.45 bits per heavy atom. The fourth-order valence-electron chi connectivity index (χ4n) is 2.10. The van der Waals surface area contributed by atoms with Crippen molar-refractivity contribution in [3.63, 3.8) is 0 Å². The van der Waals surface area contributed by atoms with Gasteiger partial charge in [-0.15, -0.1) is 0 Å². The third kappa shape index (κ3) is 2.11. The van der Waals surface area contributed by atoms with Gasteiger partial charge in [0, 0.05) is 30.1 Å². The van der Waals surface area contributed by atoms with Gasteiger partial charge in [0.2, 0.25) is 0 Å². The number of aromatic nitrogens is 3. The van der Waals surface area contributed by atoms with E-state index < -0.39 is 0 Å². The van der Waals surface area contributed by atoms with Crippen LogP contribution in [0.2, 0.25) is 0 Å². The molecule has 3 aromatic rings. The Hall–Kier alpha value is -2.76. The molecule has 3 rings (SSSR count). The molecule has 2 aromatic heterocycles. The lowest BCUT2D eigenvalue weighted by atomic mass is 10.2. The maximum absolute atomic E-state index is 12.1. The van der Waals surface area contributed by atoms with Crippen molar-refractivity contribution in [3.8, 4) is 0 Å². The molecule has 0 aliphatic carbocycles.